The molecule has 0 aliphatic heterocycles. The predicted molar refractivity (Wildman–Crippen MR) is 105 cm³/mol. The third-order valence-electron chi connectivity index (χ3n) is 4.32. The molecule has 0 unspecified atom stereocenters. The largest absolute Gasteiger partial charge is 0.491 e. The number of aryl methyl sites for hydroxylation is 2. The van der Waals surface area contributed by atoms with Crippen LogP contribution in [0.2, 0.25) is 0 Å². The second-order valence-corrected chi connectivity index (χ2v) is 6.94. The number of nitrogens with zero attached hydrogens (tertiary/aromatic N) is 3. The minimum atomic E-state index is -0.851. The van der Waals surface area contributed by atoms with E-state index in [-0.39, 0.29) is 24.3 Å². The van der Waals surface area contributed by atoms with Crippen LogP contribution in [0.1, 0.15) is 12.5 Å². The number of aromatic amines is 1. The standard InChI is InChI=1S/C18H22N4O4S/c1-4-11-5-7-13(8-6-11)26-10-12(23)9-22-14-15(19-18(22)27-3)21(2)17(25)20-16(14)24/h5-8,12,23H,4,9-10H2,1-3H3,(H,20,24,25)/t12-/m1/s1. The van der Waals surface area contributed by atoms with E-state index in [0.717, 1.165) is 6.42 Å². The molecule has 0 bridgehead atoms. The minimum Gasteiger partial charge on any atom is -0.491 e. The highest BCUT2D eigenvalue weighted by Gasteiger charge is 2.19. The molecule has 2 aromatic heterocycles. The van der Waals surface area contributed by atoms with Crippen LogP contribution in [0.3, 0.4) is 0 Å². The maximum absolute atomic E-state index is 12.3. The molecule has 9 heteroatoms. The van der Waals surface area contributed by atoms with E-state index in [0.29, 0.717) is 10.9 Å². The molecule has 0 aliphatic carbocycles. The Kier molecular flexibility index (Phi) is 5.71. The Balaban J connectivity index is 1.81. The van der Waals surface area contributed by atoms with Crippen LogP contribution in [0.25, 0.3) is 11.2 Å². The third kappa shape index (κ3) is 3.93. The van der Waals surface area contributed by atoms with Crippen molar-refractivity contribution in [3.63, 3.8) is 0 Å². The Morgan fingerprint density at radius 2 is 2.00 bits per heavy atom. The Morgan fingerprint density at radius 3 is 2.63 bits per heavy atom. The molecular weight excluding hydrogens is 368 g/mol. The number of nitrogens with one attached hydrogen (secondary N) is 1. The van der Waals surface area contributed by atoms with Crippen molar-refractivity contribution in [3.8, 4) is 5.75 Å². The summed E-state index contributed by atoms with van der Waals surface area (Å²) in [6.45, 7) is 2.28. The van der Waals surface area contributed by atoms with Gasteiger partial charge in [-0.05, 0) is 30.4 Å². The Bertz CT molecular complexity index is 1050. The summed E-state index contributed by atoms with van der Waals surface area (Å²) in [5.74, 6) is 0.673. The van der Waals surface area contributed by atoms with Crippen LogP contribution in [0, 0.1) is 0 Å². The number of ether oxygens (including phenoxy) is 1. The van der Waals surface area contributed by atoms with Gasteiger partial charge in [0.25, 0.3) is 5.56 Å². The summed E-state index contributed by atoms with van der Waals surface area (Å²) in [4.78, 5) is 30.7. The first-order valence-electron chi connectivity index (χ1n) is 8.58. The van der Waals surface area contributed by atoms with Gasteiger partial charge < -0.3 is 14.4 Å². The number of thioether (sulfide) groups is 1. The van der Waals surface area contributed by atoms with E-state index in [4.69, 9.17) is 4.74 Å². The zero-order valence-electron chi connectivity index (χ0n) is 15.4. The monoisotopic (exact) mass is 390 g/mol. The summed E-state index contributed by atoms with van der Waals surface area (Å²) in [6.07, 6.45) is 1.92. The minimum absolute atomic E-state index is 0.0721. The molecule has 2 N–H and O–H groups in total. The van der Waals surface area contributed by atoms with Gasteiger partial charge in [-0.3, -0.25) is 14.3 Å². The van der Waals surface area contributed by atoms with E-state index in [1.54, 1.807) is 11.6 Å². The van der Waals surface area contributed by atoms with Crippen LogP contribution >= 0.6 is 11.8 Å². The lowest BCUT2D eigenvalue weighted by molar-refractivity contribution is 0.0914. The van der Waals surface area contributed by atoms with Gasteiger partial charge in [0.1, 0.15) is 18.5 Å². The summed E-state index contributed by atoms with van der Waals surface area (Å²) in [5, 5.41) is 11.0. The van der Waals surface area contributed by atoms with Crippen LogP contribution in [-0.2, 0) is 20.0 Å². The molecule has 27 heavy (non-hydrogen) atoms. The normalized spacial score (nSPS) is 12.4. The Hall–Kier alpha value is -2.52. The first-order valence-corrected chi connectivity index (χ1v) is 9.80. The molecule has 1 atom stereocenters. The molecule has 0 fully saturated rings. The number of hydrogen-bond acceptors (Lipinski definition) is 6. The number of aromatic nitrogens is 4. The molecule has 0 aliphatic rings. The SMILES string of the molecule is CCc1ccc(OC[C@H](O)Cn2c(SC)nc3c2c(=O)[nH]c(=O)n3C)cc1. The average molecular weight is 390 g/mol. The molecule has 144 valence electrons. The maximum atomic E-state index is 12.3. The van der Waals surface area contributed by atoms with Gasteiger partial charge in [-0.25, -0.2) is 9.78 Å². The van der Waals surface area contributed by atoms with Crippen LogP contribution in [-0.4, -0.2) is 43.2 Å². The number of H-pyrrole nitrogens is 1. The lowest BCUT2D eigenvalue weighted by Crippen LogP contribution is -2.30. The number of rotatable bonds is 7. The lowest BCUT2D eigenvalue weighted by Gasteiger charge is -2.15. The molecule has 3 rings (SSSR count). The zero-order valence-corrected chi connectivity index (χ0v) is 16.2. The predicted octanol–water partition coefficient (Wildman–Crippen LogP) is 1.15. The maximum Gasteiger partial charge on any atom is 0.329 e. The summed E-state index contributed by atoms with van der Waals surface area (Å²) < 4.78 is 8.54. The van der Waals surface area contributed by atoms with E-state index in [1.807, 2.05) is 30.5 Å². The molecule has 2 heterocycles. The zero-order chi connectivity index (χ0) is 19.6. The second kappa shape index (κ2) is 8.01. The van der Waals surface area contributed by atoms with Crippen molar-refractivity contribution in [2.45, 2.75) is 31.1 Å². The summed E-state index contributed by atoms with van der Waals surface area (Å²) in [6, 6.07) is 7.70. The van der Waals surface area contributed by atoms with E-state index in [9.17, 15) is 14.7 Å². The number of aliphatic hydroxyl groups is 1. The van der Waals surface area contributed by atoms with E-state index < -0.39 is 17.4 Å². The molecule has 8 nitrogen and oxygen atoms in total. The van der Waals surface area contributed by atoms with Gasteiger partial charge in [0, 0.05) is 7.05 Å². The first kappa shape index (κ1) is 19.2. The van der Waals surface area contributed by atoms with Crippen LogP contribution in [0.5, 0.6) is 5.75 Å². The van der Waals surface area contributed by atoms with E-state index in [2.05, 4.69) is 16.9 Å². The number of hydrogen-bond donors (Lipinski definition) is 2. The van der Waals surface area contributed by atoms with Gasteiger partial charge >= 0.3 is 5.69 Å². The molecule has 0 saturated heterocycles. The number of benzene rings is 1. The van der Waals surface area contributed by atoms with Crippen molar-refractivity contribution in [1.29, 1.82) is 0 Å². The molecule has 0 amide bonds. The average Bonchev–Trinajstić information content (AvgIpc) is 3.04. The van der Waals surface area contributed by atoms with Crippen molar-refractivity contribution < 1.29 is 9.84 Å². The van der Waals surface area contributed by atoms with Gasteiger partial charge in [0.15, 0.2) is 16.3 Å². The van der Waals surface area contributed by atoms with Gasteiger partial charge in [0.05, 0.1) is 6.54 Å². The molecule has 0 saturated carbocycles. The number of fused-ring (bicyclic) bond motifs is 1. The molecule has 0 radical (unpaired) electrons. The van der Waals surface area contributed by atoms with Gasteiger partial charge in [-0.2, -0.15) is 0 Å². The quantitative estimate of drug-likeness (QED) is 0.587. The van der Waals surface area contributed by atoms with Crippen molar-refractivity contribution in [3.05, 3.63) is 50.7 Å². The third-order valence-corrected chi connectivity index (χ3v) is 5.00. The van der Waals surface area contributed by atoms with Crippen molar-refractivity contribution >= 4 is 22.9 Å². The van der Waals surface area contributed by atoms with Crippen LogP contribution in [0.15, 0.2) is 39.0 Å². The number of aliphatic hydroxyl groups excluding tert-OH is 1. The fourth-order valence-electron chi connectivity index (χ4n) is 2.82. The van der Waals surface area contributed by atoms with Gasteiger partial charge in [-0.15, -0.1) is 0 Å². The smallest absolute Gasteiger partial charge is 0.329 e. The fourth-order valence-corrected chi connectivity index (χ4v) is 3.38. The highest BCUT2D eigenvalue weighted by molar-refractivity contribution is 7.98. The van der Waals surface area contributed by atoms with Crippen LogP contribution < -0.4 is 16.0 Å². The fraction of sp³-hybridized carbons (Fsp3) is 0.389. The summed E-state index contributed by atoms with van der Waals surface area (Å²) in [5.41, 5.74) is 0.708. The Morgan fingerprint density at radius 1 is 1.30 bits per heavy atom. The van der Waals surface area contributed by atoms with Crippen molar-refractivity contribution in [2.24, 2.45) is 7.05 Å². The molecular formula is C18H22N4O4S. The second-order valence-electron chi connectivity index (χ2n) is 6.16. The van der Waals surface area contributed by atoms with Crippen molar-refractivity contribution in [1.82, 2.24) is 19.1 Å². The lowest BCUT2D eigenvalue weighted by atomic mass is 10.2. The summed E-state index contributed by atoms with van der Waals surface area (Å²) in [7, 11) is 1.54. The topological polar surface area (TPSA) is 102 Å². The van der Waals surface area contributed by atoms with Crippen molar-refractivity contribution in [2.75, 3.05) is 12.9 Å². The van der Waals surface area contributed by atoms with Crippen LogP contribution in [0.4, 0.5) is 0 Å². The van der Waals surface area contributed by atoms with Gasteiger partial charge in [0.2, 0.25) is 0 Å². The summed E-state index contributed by atoms with van der Waals surface area (Å²) >= 11 is 1.34. The highest BCUT2D eigenvalue weighted by atomic mass is 32.2. The number of imidazole rings is 1. The van der Waals surface area contributed by atoms with Gasteiger partial charge in [-0.1, -0.05) is 30.8 Å². The van der Waals surface area contributed by atoms with E-state index in [1.165, 1.54) is 21.9 Å². The van der Waals surface area contributed by atoms with E-state index >= 15 is 0 Å². The molecule has 1 aromatic carbocycles. The Labute approximate surface area is 159 Å². The first-order chi connectivity index (χ1) is 12.9. The molecule has 3 aromatic rings. The molecule has 0 spiro atoms. The highest BCUT2D eigenvalue weighted by Crippen LogP contribution is 2.20.